The Kier molecular flexibility index (Phi) is 5.60. The van der Waals surface area contributed by atoms with Gasteiger partial charge in [0.1, 0.15) is 5.70 Å². The third-order valence-corrected chi connectivity index (χ3v) is 1.15. The van der Waals surface area contributed by atoms with Crippen LogP contribution in [0.2, 0.25) is 0 Å². The summed E-state index contributed by atoms with van der Waals surface area (Å²) in [5.74, 6) is -0.578. The molecule has 0 saturated heterocycles. The monoisotopic (exact) mass is 189 g/mol. The molecule has 1 unspecified atom stereocenters. The van der Waals surface area contributed by atoms with Crippen molar-refractivity contribution in [3.63, 3.8) is 0 Å². The molecule has 0 radical (unpaired) electrons. The Hall–Kier alpha value is -1.31. The minimum absolute atomic E-state index is 0.120. The molecular formula is C6H15N5O2. The standard InChI is InChI=1S/C6H15N5O2/c7-1-2-10-4(3-8)5(12)11-6(9)13/h3,6,10,13H,1-2,7-9H2,(H,11,12)/b4-3-. The first-order valence-corrected chi connectivity index (χ1v) is 3.72. The number of nitrogens with two attached hydrogens (primary N) is 3. The zero-order chi connectivity index (χ0) is 10.3. The maximum atomic E-state index is 11.1. The molecule has 9 N–H and O–H groups in total. The van der Waals surface area contributed by atoms with E-state index in [0.717, 1.165) is 6.20 Å². The molecule has 0 aliphatic heterocycles. The van der Waals surface area contributed by atoms with Crippen LogP contribution in [0.3, 0.4) is 0 Å². The average molecular weight is 189 g/mol. The van der Waals surface area contributed by atoms with Crippen molar-refractivity contribution in [3.8, 4) is 0 Å². The maximum absolute atomic E-state index is 11.1. The number of amides is 1. The molecule has 0 heterocycles. The summed E-state index contributed by atoms with van der Waals surface area (Å²) in [4.78, 5) is 11.1. The van der Waals surface area contributed by atoms with E-state index >= 15 is 0 Å². The Morgan fingerprint density at radius 3 is 2.62 bits per heavy atom. The van der Waals surface area contributed by atoms with Gasteiger partial charge in [-0.2, -0.15) is 0 Å². The highest BCUT2D eigenvalue weighted by atomic mass is 16.3. The normalized spacial score (nSPS) is 13.6. The second-order valence-corrected chi connectivity index (χ2v) is 2.21. The van der Waals surface area contributed by atoms with Gasteiger partial charge in [0.25, 0.3) is 5.91 Å². The van der Waals surface area contributed by atoms with Crippen molar-refractivity contribution >= 4 is 5.91 Å². The van der Waals surface area contributed by atoms with Crippen molar-refractivity contribution in [2.24, 2.45) is 17.2 Å². The van der Waals surface area contributed by atoms with E-state index in [2.05, 4.69) is 5.32 Å². The van der Waals surface area contributed by atoms with Crippen LogP contribution in [0.25, 0.3) is 0 Å². The molecule has 0 rings (SSSR count). The quantitative estimate of drug-likeness (QED) is 0.198. The van der Waals surface area contributed by atoms with E-state index in [0.29, 0.717) is 13.1 Å². The van der Waals surface area contributed by atoms with Gasteiger partial charge in [-0.1, -0.05) is 0 Å². The molecule has 0 aliphatic carbocycles. The molecule has 0 aromatic rings. The van der Waals surface area contributed by atoms with Crippen LogP contribution in [-0.4, -0.2) is 30.5 Å². The number of carbonyl (C=O) groups is 1. The summed E-state index contributed by atoms with van der Waals surface area (Å²) >= 11 is 0. The van der Waals surface area contributed by atoms with Gasteiger partial charge in [0.05, 0.1) is 0 Å². The number of aliphatic hydroxyl groups is 1. The summed E-state index contributed by atoms with van der Waals surface area (Å²) in [6.07, 6.45) is -0.324. The molecular weight excluding hydrogens is 174 g/mol. The molecule has 7 heteroatoms. The van der Waals surface area contributed by atoms with E-state index in [9.17, 15) is 4.79 Å². The highest BCUT2D eigenvalue weighted by molar-refractivity contribution is 5.92. The summed E-state index contributed by atoms with van der Waals surface area (Å²) in [6.45, 7) is 0.785. The highest BCUT2D eigenvalue weighted by Crippen LogP contribution is 1.85. The van der Waals surface area contributed by atoms with E-state index in [4.69, 9.17) is 22.3 Å². The van der Waals surface area contributed by atoms with Crippen molar-refractivity contribution in [2.45, 2.75) is 6.35 Å². The van der Waals surface area contributed by atoms with Crippen molar-refractivity contribution in [3.05, 3.63) is 11.9 Å². The third kappa shape index (κ3) is 5.01. The lowest BCUT2D eigenvalue weighted by atomic mass is 10.4. The Labute approximate surface area is 75.9 Å². The van der Waals surface area contributed by atoms with Gasteiger partial charge >= 0.3 is 0 Å². The maximum Gasteiger partial charge on any atom is 0.271 e. The molecule has 1 amide bonds. The second-order valence-electron chi connectivity index (χ2n) is 2.21. The summed E-state index contributed by atoms with van der Waals surface area (Å²) in [7, 11) is 0. The van der Waals surface area contributed by atoms with E-state index < -0.39 is 12.3 Å². The van der Waals surface area contributed by atoms with Gasteiger partial charge in [-0.25, -0.2) is 0 Å². The fourth-order valence-corrected chi connectivity index (χ4v) is 0.634. The minimum Gasteiger partial charge on any atom is -0.403 e. The van der Waals surface area contributed by atoms with Crippen molar-refractivity contribution < 1.29 is 9.90 Å². The average Bonchev–Trinajstić information content (AvgIpc) is 2.04. The van der Waals surface area contributed by atoms with Crippen LogP contribution in [0.4, 0.5) is 0 Å². The van der Waals surface area contributed by atoms with Gasteiger partial charge < -0.3 is 27.2 Å². The molecule has 0 bridgehead atoms. The number of hydrogen-bond donors (Lipinski definition) is 6. The lowest BCUT2D eigenvalue weighted by molar-refractivity contribution is -0.120. The zero-order valence-corrected chi connectivity index (χ0v) is 7.16. The summed E-state index contributed by atoms with van der Waals surface area (Å²) < 4.78 is 0. The highest BCUT2D eigenvalue weighted by Gasteiger charge is 2.09. The molecule has 0 aromatic heterocycles. The van der Waals surface area contributed by atoms with E-state index in [1.165, 1.54) is 0 Å². The number of rotatable bonds is 5. The Morgan fingerprint density at radius 1 is 1.62 bits per heavy atom. The van der Waals surface area contributed by atoms with Crippen molar-refractivity contribution in [1.29, 1.82) is 0 Å². The number of carbonyl (C=O) groups excluding carboxylic acids is 1. The lowest BCUT2D eigenvalue weighted by Gasteiger charge is -2.11. The van der Waals surface area contributed by atoms with Gasteiger partial charge in [-0.3, -0.25) is 10.5 Å². The SMILES string of the molecule is N/C=C(\NCCN)C(=O)NC(N)O. The fraction of sp³-hybridized carbons (Fsp3) is 0.500. The predicted molar refractivity (Wildman–Crippen MR) is 47.7 cm³/mol. The molecule has 7 nitrogen and oxygen atoms in total. The molecule has 0 saturated carbocycles. The first-order valence-electron chi connectivity index (χ1n) is 3.72. The van der Waals surface area contributed by atoms with E-state index in [-0.39, 0.29) is 5.70 Å². The Balaban J connectivity index is 4.02. The van der Waals surface area contributed by atoms with Crippen LogP contribution in [-0.2, 0) is 4.79 Å². The van der Waals surface area contributed by atoms with Gasteiger partial charge in [-0.15, -0.1) is 0 Å². The van der Waals surface area contributed by atoms with Gasteiger partial charge in [0, 0.05) is 19.3 Å². The van der Waals surface area contributed by atoms with Crippen LogP contribution in [0, 0.1) is 0 Å². The Bertz CT molecular complexity index is 191. The molecule has 1 atom stereocenters. The summed E-state index contributed by atoms with van der Waals surface area (Å²) in [6, 6.07) is 0. The van der Waals surface area contributed by atoms with Crippen LogP contribution in [0.1, 0.15) is 0 Å². The molecule has 0 aromatic carbocycles. The fourth-order valence-electron chi connectivity index (χ4n) is 0.634. The summed E-state index contributed by atoms with van der Waals surface area (Å²) in [5, 5.41) is 13.3. The molecule has 0 aliphatic rings. The lowest BCUT2D eigenvalue weighted by Crippen LogP contribution is -2.44. The van der Waals surface area contributed by atoms with Crippen molar-refractivity contribution in [1.82, 2.24) is 10.6 Å². The van der Waals surface area contributed by atoms with Crippen LogP contribution < -0.4 is 27.8 Å². The molecule has 0 fully saturated rings. The smallest absolute Gasteiger partial charge is 0.271 e. The van der Waals surface area contributed by atoms with Crippen molar-refractivity contribution in [2.75, 3.05) is 13.1 Å². The predicted octanol–water partition coefficient (Wildman–Crippen LogP) is -3.31. The molecule has 13 heavy (non-hydrogen) atoms. The van der Waals surface area contributed by atoms with Crippen LogP contribution in [0.15, 0.2) is 11.9 Å². The topological polar surface area (TPSA) is 139 Å². The van der Waals surface area contributed by atoms with E-state index in [1.807, 2.05) is 5.32 Å². The Morgan fingerprint density at radius 2 is 2.23 bits per heavy atom. The first-order chi connectivity index (χ1) is 6.11. The first kappa shape index (κ1) is 11.7. The molecule has 0 spiro atoms. The van der Waals surface area contributed by atoms with Gasteiger partial charge in [0.2, 0.25) is 0 Å². The largest absolute Gasteiger partial charge is 0.403 e. The third-order valence-electron chi connectivity index (χ3n) is 1.15. The number of aliphatic hydroxyl groups excluding tert-OH is 1. The van der Waals surface area contributed by atoms with E-state index in [1.54, 1.807) is 0 Å². The second kappa shape index (κ2) is 6.23. The van der Waals surface area contributed by atoms with Gasteiger partial charge in [0.15, 0.2) is 6.35 Å². The number of nitrogens with one attached hydrogen (secondary N) is 2. The number of hydrogen-bond acceptors (Lipinski definition) is 6. The minimum atomic E-state index is -1.40. The van der Waals surface area contributed by atoms with Crippen LogP contribution >= 0.6 is 0 Å². The van der Waals surface area contributed by atoms with Gasteiger partial charge in [-0.05, 0) is 0 Å². The summed E-state index contributed by atoms with van der Waals surface area (Å²) in [5.41, 5.74) is 15.4. The van der Waals surface area contributed by atoms with Crippen LogP contribution in [0.5, 0.6) is 0 Å². The zero-order valence-electron chi connectivity index (χ0n) is 7.16. The molecule has 76 valence electrons.